The average molecular weight is 431 g/mol. The number of hydrogen-bond acceptors (Lipinski definition) is 4. The highest BCUT2D eigenvalue weighted by Gasteiger charge is 2.19. The van der Waals surface area contributed by atoms with E-state index in [0.717, 1.165) is 23.4 Å². The molecule has 0 saturated carbocycles. The normalized spacial score (nSPS) is 11.4. The topological polar surface area (TPSA) is 93.1 Å². The summed E-state index contributed by atoms with van der Waals surface area (Å²) in [7, 11) is -3.66. The zero-order chi connectivity index (χ0) is 22.1. The molecule has 1 heterocycles. The van der Waals surface area contributed by atoms with Gasteiger partial charge in [-0.3, -0.25) is 14.2 Å². The van der Waals surface area contributed by atoms with Gasteiger partial charge in [0.2, 0.25) is 10.0 Å². The lowest BCUT2D eigenvalue weighted by Crippen LogP contribution is -2.15. The number of hydrogen-bond donors (Lipinski definition) is 2. The van der Waals surface area contributed by atoms with Gasteiger partial charge >= 0.3 is 0 Å². The van der Waals surface area contributed by atoms with Gasteiger partial charge in [-0.15, -0.1) is 0 Å². The summed E-state index contributed by atoms with van der Waals surface area (Å²) in [6.07, 6.45) is 0.923. The summed E-state index contributed by atoms with van der Waals surface area (Å²) in [6, 6.07) is 11.7. The van der Waals surface area contributed by atoms with Crippen LogP contribution in [0.25, 0.3) is 0 Å². The number of carbonyl (C=O) groups excluding carboxylic acids is 1. The molecule has 0 aliphatic rings. The van der Waals surface area contributed by atoms with Crippen molar-refractivity contribution in [3.8, 4) is 0 Å². The van der Waals surface area contributed by atoms with Gasteiger partial charge in [0.15, 0.2) is 0 Å². The third-order valence-corrected chi connectivity index (χ3v) is 5.17. The standard InChI is InChI=1S/C21H23FN4O3S/c1-13-5-7-16(8-6-13)12-26-15(3)20(14(2)24-26)21(27)23-17-9-10-18(22)19(11-17)25-30(4,28)29/h5-11,25H,12H2,1-4H3,(H,23,27). The molecule has 30 heavy (non-hydrogen) atoms. The number of aryl methyl sites for hydroxylation is 2. The van der Waals surface area contributed by atoms with E-state index in [1.807, 2.05) is 38.1 Å². The van der Waals surface area contributed by atoms with Crippen LogP contribution in [-0.4, -0.2) is 30.4 Å². The summed E-state index contributed by atoms with van der Waals surface area (Å²) in [5.41, 5.74) is 3.93. The smallest absolute Gasteiger partial charge is 0.259 e. The Labute approximate surface area is 175 Å². The summed E-state index contributed by atoms with van der Waals surface area (Å²) < 4.78 is 40.5. The van der Waals surface area contributed by atoms with Crippen molar-refractivity contribution in [3.05, 3.63) is 76.4 Å². The number of nitrogens with one attached hydrogen (secondary N) is 2. The molecule has 2 N–H and O–H groups in total. The van der Waals surface area contributed by atoms with Crippen molar-refractivity contribution in [3.63, 3.8) is 0 Å². The first-order chi connectivity index (χ1) is 14.0. The SMILES string of the molecule is Cc1ccc(Cn2nc(C)c(C(=O)Nc3ccc(F)c(NS(C)(=O)=O)c3)c2C)cc1. The Morgan fingerprint density at radius 2 is 1.77 bits per heavy atom. The average Bonchev–Trinajstić information content (AvgIpc) is 2.92. The van der Waals surface area contributed by atoms with Gasteiger partial charge < -0.3 is 5.32 Å². The van der Waals surface area contributed by atoms with E-state index >= 15 is 0 Å². The van der Waals surface area contributed by atoms with Gasteiger partial charge in [-0.1, -0.05) is 29.8 Å². The van der Waals surface area contributed by atoms with Crippen LogP contribution in [0.5, 0.6) is 0 Å². The Morgan fingerprint density at radius 3 is 2.40 bits per heavy atom. The Morgan fingerprint density at radius 1 is 1.10 bits per heavy atom. The van der Waals surface area contributed by atoms with E-state index in [2.05, 4.69) is 15.1 Å². The van der Waals surface area contributed by atoms with Crippen LogP contribution in [0.15, 0.2) is 42.5 Å². The number of carbonyl (C=O) groups is 1. The second-order valence-corrected chi connectivity index (χ2v) is 8.96. The molecule has 0 aliphatic carbocycles. The maximum absolute atomic E-state index is 13.9. The highest BCUT2D eigenvalue weighted by molar-refractivity contribution is 7.92. The summed E-state index contributed by atoms with van der Waals surface area (Å²) in [4.78, 5) is 12.9. The molecule has 0 bridgehead atoms. The van der Waals surface area contributed by atoms with Gasteiger partial charge in [0.05, 0.1) is 29.7 Å². The molecule has 7 nitrogen and oxygen atoms in total. The summed E-state index contributed by atoms with van der Waals surface area (Å²) in [5.74, 6) is -1.14. The molecule has 0 aliphatic heterocycles. The first-order valence-electron chi connectivity index (χ1n) is 9.22. The van der Waals surface area contributed by atoms with E-state index in [9.17, 15) is 17.6 Å². The second kappa shape index (κ2) is 8.27. The van der Waals surface area contributed by atoms with E-state index in [-0.39, 0.29) is 11.4 Å². The van der Waals surface area contributed by atoms with Crippen molar-refractivity contribution in [2.24, 2.45) is 0 Å². The van der Waals surface area contributed by atoms with Crippen LogP contribution in [0.1, 0.15) is 32.9 Å². The highest BCUT2D eigenvalue weighted by atomic mass is 32.2. The number of aromatic nitrogens is 2. The molecule has 0 spiro atoms. The third kappa shape index (κ3) is 5.04. The minimum atomic E-state index is -3.66. The van der Waals surface area contributed by atoms with Crippen LogP contribution < -0.4 is 10.0 Å². The van der Waals surface area contributed by atoms with Gasteiger partial charge in [-0.05, 0) is 44.5 Å². The van der Waals surface area contributed by atoms with Gasteiger partial charge in [0.25, 0.3) is 5.91 Å². The van der Waals surface area contributed by atoms with Crippen molar-refractivity contribution in [1.82, 2.24) is 9.78 Å². The summed E-state index contributed by atoms with van der Waals surface area (Å²) in [6.45, 7) is 6.10. The van der Waals surface area contributed by atoms with Gasteiger partial charge in [-0.25, -0.2) is 12.8 Å². The largest absolute Gasteiger partial charge is 0.322 e. The Kier molecular flexibility index (Phi) is 5.93. The van der Waals surface area contributed by atoms with E-state index < -0.39 is 21.7 Å². The molecule has 3 rings (SSSR count). The molecular formula is C21H23FN4O3S. The molecule has 2 aromatic carbocycles. The first-order valence-corrected chi connectivity index (χ1v) is 11.1. The molecule has 1 amide bonds. The highest BCUT2D eigenvalue weighted by Crippen LogP contribution is 2.22. The number of halogens is 1. The molecular weight excluding hydrogens is 407 g/mol. The Hall–Kier alpha value is -3.20. The number of rotatable bonds is 6. The maximum atomic E-state index is 13.9. The minimum Gasteiger partial charge on any atom is -0.322 e. The zero-order valence-corrected chi connectivity index (χ0v) is 18.0. The summed E-state index contributed by atoms with van der Waals surface area (Å²) in [5, 5.41) is 7.16. The fourth-order valence-corrected chi connectivity index (χ4v) is 3.68. The number of benzene rings is 2. The first kappa shape index (κ1) is 21.5. The molecule has 3 aromatic rings. The molecule has 1 aromatic heterocycles. The Bertz CT molecular complexity index is 1200. The van der Waals surface area contributed by atoms with Crippen LogP contribution >= 0.6 is 0 Å². The fourth-order valence-electron chi connectivity index (χ4n) is 3.12. The van der Waals surface area contributed by atoms with Crippen molar-refractivity contribution >= 4 is 27.3 Å². The fraction of sp³-hybridized carbons (Fsp3) is 0.238. The van der Waals surface area contributed by atoms with Crippen LogP contribution in [0.3, 0.4) is 0 Å². The lowest BCUT2D eigenvalue weighted by Gasteiger charge is -2.10. The van der Waals surface area contributed by atoms with Gasteiger partial charge in [0, 0.05) is 11.4 Å². The van der Waals surface area contributed by atoms with Gasteiger partial charge in [0.1, 0.15) is 5.82 Å². The van der Waals surface area contributed by atoms with Crippen molar-refractivity contribution in [2.45, 2.75) is 27.3 Å². The zero-order valence-electron chi connectivity index (χ0n) is 17.2. The number of amides is 1. The lowest BCUT2D eigenvalue weighted by molar-refractivity contribution is 0.102. The molecule has 0 fully saturated rings. The van der Waals surface area contributed by atoms with Crippen LogP contribution in [0, 0.1) is 26.6 Å². The lowest BCUT2D eigenvalue weighted by atomic mass is 10.1. The van der Waals surface area contributed by atoms with Crippen molar-refractivity contribution in [2.75, 3.05) is 16.3 Å². The van der Waals surface area contributed by atoms with E-state index in [4.69, 9.17) is 0 Å². The predicted octanol–water partition coefficient (Wildman–Crippen LogP) is 3.62. The Balaban J connectivity index is 1.83. The van der Waals surface area contributed by atoms with Crippen LogP contribution in [-0.2, 0) is 16.6 Å². The monoisotopic (exact) mass is 430 g/mol. The van der Waals surface area contributed by atoms with E-state index in [1.165, 1.54) is 12.1 Å². The van der Waals surface area contributed by atoms with Crippen LogP contribution in [0.2, 0.25) is 0 Å². The van der Waals surface area contributed by atoms with Crippen LogP contribution in [0.4, 0.5) is 15.8 Å². The molecule has 0 radical (unpaired) electrons. The van der Waals surface area contributed by atoms with Gasteiger partial charge in [-0.2, -0.15) is 5.10 Å². The van der Waals surface area contributed by atoms with Crippen molar-refractivity contribution in [1.29, 1.82) is 0 Å². The second-order valence-electron chi connectivity index (χ2n) is 7.21. The molecule has 0 unspecified atom stereocenters. The summed E-state index contributed by atoms with van der Waals surface area (Å²) >= 11 is 0. The number of nitrogens with zero attached hydrogens (tertiary/aromatic N) is 2. The molecule has 158 valence electrons. The number of anilines is 2. The van der Waals surface area contributed by atoms with Crippen molar-refractivity contribution < 1.29 is 17.6 Å². The molecule has 0 atom stereocenters. The number of sulfonamides is 1. The van der Waals surface area contributed by atoms with E-state index in [1.54, 1.807) is 11.6 Å². The minimum absolute atomic E-state index is 0.237. The third-order valence-electron chi connectivity index (χ3n) is 4.58. The maximum Gasteiger partial charge on any atom is 0.259 e. The molecule has 9 heteroatoms. The van der Waals surface area contributed by atoms with E-state index in [0.29, 0.717) is 23.5 Å². The predicted molar refractivity (Wildman–Crippen MR) is 115 cm³/mol. The quantitative estimate of drug-likeness (QED) is 0.625. The molecule has 0 saturated heterocycles.